The van der Waals surface area contributed by atoms with E-state index in [4.69, 9.17) is 28.9 Å². The molecule has 0 unspecified atom stereocenters. The van der Waals surface area contributed by atoms with E-state index in [0.29, 0.717) is 16.7 Å². The average molecular weight is 405 g/mol. The van der Waals surface area contributed by atoms with Crippen molar-refractivity contribution in [3.8, 4) is 0 Å². The molecule has 3 aromatic rings. The van der Waals surface area contributed by atoms with Crippen LogP contribution >= 0.6 is 34.5 Å². The molecule has 4 rings (SSSR count). The first kappa shape index (κ1) is 17.7. The highest BCUT2D eigenvalue weighted by molar-refractivity contribution is 7.20. The normalized spacial score (nSPS) is 19.8. The number of fused-ring (bicyclic) bond motifs is 1. The summed E-state index contributed by atoms with van der Waals surface area (Å²) in [7, 11) is 0. The summed E-state index contributed by atoms with van der Waals surface area (Å²) >= 11 is 14.6. The number of nitrogens with one attached hydrogen (secondary N) is 1. The van der Waals surface area contributed by atoms with Crippen LogP contribution < -0.4 is 11.1 Å². The molecule has 0 amide bonds. The second-order valence-electron chi connectivity index (χ2n) is 6.37. The lowest BCUT2D eigenvalue weighted by atomic mass is 9.88. The molecule has 134 valence electrons. The lowest BCUT2D eigenvalue weighted by Gasteiger charge is -2.24. The molecule has 26 heavy (non-hydrogen) atoms. The molecule has 0 aliphatic heterocycles. The summed E-state index contributed by atoms with van der Waals surface area (Å²) in [6.07, 6.45) is 9.66. The minimum atomic E-state index is 0.0780. The van der Waals surface area contributed by atoms with Crippen LogP contribution in [0, 0.1) is 0 Å². The summed E-state index contributed by atoms with van der Waals surface area (Å²) in [4.78, 5) is 9.61. The first-order chi connectivity index (χ1) is 12.6. The predicted molar refractivity (Wildman–Crippen MR) is 110 cm³/mol. The van der Waals surface area contributed by atoms with Gasteiger partial charge >= 0.3 is 0 Å². The topological polar surface area (TPSA) is 63.8 Å². The van der Waals surface area contributed by atoms with Crippen molar-refractivity contribution in [3.05, 3.63) is 63.4 Å². The van der Waals surface area contributed by atoms with Crippen LogP contribution in [0.1, 0.15) is 29.2 Å². The molecule has 1 aliphatic rings. The minimum absolute atomic E-state index is 0.0780. The van der Waals surface area contributed by atoms with E-state index in [9.17, 15) is 0 Å². The molecule has 0 saturated carbocycles. The molecule has 3 N–H and O–H groups in total. The number of thiophene rings is 1. The van der Waals surface area contributed by atoms with E-state index >= 15 is 0 Å². The van der Waals surface area contributed by atoms with Crippen molar-refractivity contribution in [3.63, 3.8) is 0 Å². The molecule has 3 heterocycles. The van der Waals surface area contributed by atoms with Gasteiger partial charge in [0.25, 0.3) is 0 Å². The third-order valence-corrected chi connectivity index (χ3v) is 6.66. The van der Waals surface area contributed by atoms with Gasteiger partial charge in [-0.1, -0.05) is 35.4 Å². The average Bonchev–Trinajstić information content (AvgIpc) is 2.98. The summed E-state index contributed by atoms with van der Waals surface area (Å²) < 4.78 is 1.02. The molecule has 1 aliphatic carbocycles. The standard InChI is InChI=1S/C19H18Cl2N4S/c20-15-9-14(24-10-11-5-7-23-8-6-11)19-17(25-15)16(21)18(26-19)12-3-1-2-4-13(12)22/h1-2,5-9,12-13H,3-4,10,22H2,(H,24,25)/t12-,13-/m0/s1. The molecular formula is C19H18Cl2N4S. The molecule has 0 radical (unpaired) electrons. The zero-order valence-electron chi connectivity index (χ0n) is 14.0. The maximum absolute atomic E-state index is 6.69. The number of anilines is 1. The van der Waals surface area contributed by atoms with Crippen molar-refractivity contribution < 1.29 is 0 Å². The van der Waals surface area contributed by atoms with Gasteiger partial charge in [0.05, 0.1) is 15.4 Å². The predicted octanol–water partition coefficient (Wildman–Crippen LogP) is 5.37. The monoisotopic (exact) mass is 404 g/mol. The van der Waals surface area contributed by atoms with Crippen molar-refractivity contribution in [1.82, 2.24) is 9.97 Å². The van der Waals surface area contributed by atoms with Gasteiger partial charge in [0, 0.05) is 41.8 Å². The van der Waals surface area contributed by atoms with E-state index in [0.717, 1.165) is 39.2 Å². The quantitative estimate of drug-likeness (QED) is 0.452. The van der Waals surface area contributed by atoms with Gasteiger partial charge in [-0.3, -0.25) is 4.98 Å². The van der Waals surface area contributed by atoms with Crippen LogP contribution in [0.25, 0.3) is 10.2 Å². The van der Waals surface area contributed by atoms with Crippen LogP contribution in [0.3, 0.4) is 0 Å². The second kappa shape index (κ2) is 7.53. The fourth-order valence-electron chi connectivity index (χ4n) is 3.23. The fraction of sp³-hybridized carbons (Fsp3) is 0.263. The lowest BCUT2D eigenvalue weighted by molar-refractivity contribution is 0.528. The SMILES string of the molecule is N[C@H]1CC=CC[C@@H]1c1sc2c(NCc3ccncc3)cc(Cl)nc2c1Cl. The van der Waals surface area contributed by atoms with Crippen LogP contribution in [0.5, 0.6) is 0 Å². The zero-order valence-corrected chi connectivity index (χ0v) is 16.3. The summed E-state index contributed by atoms with van der Waals surface area (Å²) in [5, 5.41) is 4.55. The Balaban J connectivity index is 1.72. The number of pyridine rings is 2. The van der Waals surface area contributed by atoms with Crippen molar-refractivity contribution in [1.29, 1.82) is 0 Å². The molecule has 0 spiro atoms. The van der Waals surface area contributed by atoms with Gasteiger partial charge in [-0.25, -0.2) is 4.98 Å². The van der Waals surface area contributed by atoms with E-state index in [1.165, 1.54) is 0 Å². The van der Waals surface area contributed by atoms with Crippen LogP contribution in [0.4, 0.5) is 5.69 Å². The minimum Gasteiger partial charge on any atom is -0.380 e. The third kappa shape index (κ3) is 3.45. The number of nitrogens with zero attached hydrogens (tertiary/aromatic N) is 2. The second-order valence-corrected chi connectivity index (χ2v) is 8.19. The molecule has 3 aromatic heterocycles. The Morgan fingerprint density at radius 3 is 2.73 bits per heavy atom. The van der Waals surface area contributed by atoms with Crippen LogP contribution in [0.2, 0.25) is 10.2 Å². The van der Waals surface area contributed by atoms with Gasteiger partial charge in [0.2, 0.25) is 0 Å². The molecule has 0 bridgehead atoms. The Bertz CT molecular complexity index is 955. The van der Waals surface area contributed by atoms with Gasteiger partial charge in [-0.15, -0.1) is 11.3 Å². The Hall–Kier alpha value is -1.66. The van der Waals surface area contributed by atoms with E-state index in [2.05, 4.69) is 27.4 Å². The highest BCUT2D eigenvalue weighted by atomic mass is 35.5. The third-order valence-electron chi connectivity index (χ3n) is 4.63. The first-order valence-corrected chi connectivity index (χ1v) is 10.0. The van der Waals surface area contributed by atoms with Crippen molar-refractivity contribution >= 4 is 50.4 Å². The molecule has 7 heteroatoms. The smallest absolute Gasteiger partial charge is 0.131 e. The van der Waals surface area contributed by atoms with Crippen LogP contribution in [0.15, 0.2) is 42.7 Å². The van der Waals surface area contributed by atoms with E-state index in [1.54, 1.807) is 23.7 Å². The van der Waals surface area contributed by atoms with Gasteiger partial charge in [0.15, 0.2) is 0 Å². The Morgan fingerprint density at radius 2 is 1.96 bits per heavy atom. The Kier molecular flexibility index (Phi) is 5.14. The maximum Gasteiger partial charge on any atom is 0.131 e. The van der Waals surface area contributed by atoms with Crippen molar-refractivity contribution in [2.24, 2.45) is 5.73 Å². The summed E-state index contributed by atoms with van der Waals surface area (Å²) in [6, 6.07) is 5.89. The largest absolute Gasteiger partial charge is 0.380 e. The maximum atomic E-state index is 6.69. The number of rotatable bonds is 4. The molecule has 0 saturated heterocycles. The number of nitrogens with two attached hydrogens (primary N) is 1. The number of aromatic nitrogens is 2. The Morgan fingerprint density at radius 1 is 1.19 bits per heavy atom. The van der Waals surface area contributed by atoms with Gasteiger partial charge < -0.3 is 11.1 Å². The summed E-state index contributed by atoms with van der Waals surface area (Å²) in [5.74, 6) is 0.221. The fourth-order valence-corrected chi connectivity index (χ4v) is 5.19. The van der Waals surface area contributed by atoms with Crippen LogP contribution in [-0.4, -0.2) is 16.0 Å². The first-order valence-electron chi connectivity index (χ1n) is 8.45. The molecular weight excluding hydrogens is 387 g/mol. The van der Waals surface area contributed by atoms with Gasteiger partial charge in [-0.05, 0) is 30.5 Å². The number of hydrogen-bond donors (Lipinski definition) is 2. The molecule has 0 aromatic carbocycles. The molecule has 2 atom stereocenters. The number of hydrogen-bond acceptors (Lipinski definition) is 5. The summed E-state index contributed by atoms with van der Waals surface area (Å²) in [5.41, 5.74) is 9.16. The van der Waals surface area contributed by atoms with E-state index in [1.807, 2.05) is 18.2 Å². The highest BCUT2D eigenvalue weighted by Gasteiger charge is 2.27. The highest BCUT2D eigenvalue weighted by Crippen LogP contribution is 2.45. The van der Waals surface area contributed by atoms with E-state index < -0.39 is 0 Å². The van der Waals surface area contributed by atoms with Crippen molar-refractivity contribution in [2.75, 3.05) is 5.32 Å². The molecule has 0 fully saturated rings. The van der Waals surface area contributed by atoms with Crippen molar-refractivity contribution in [2.45, 2.75) is 31.3 Å². The molecule has 4 nitrogen and oxygen atoms in total. The van der Waals surface area contributed by atoms with E-state index in [-0.39, 0.29) is 12.0 Å². The van der Waals surface area contributed by atoms with Gasteiger partial charge in [0.1, 0.15) is 10.7 Å². The Labute approximate surface area is 166 Å². The zero-order chi connectivity index (χ0) is 18.1. The van der Waals surface area contributed by atoms with Crippen LogP contribution in [-0.2, 0) is 6.54 Å². The van der Waals surface area contributed by atoms with Gasteiger partial charge in [-0.2, -0.15) is 0 Å². The lowest BCUT2D eigenvalue weighted by Crippen LogP contribution is -2.29. The summed E-state index contributed by atoms with van der Waals surface area (Å²) in [6.45, 7) is 0.675. The number of allylic oxidation sites excluding steroid dienone is 1. The number of halogens is 2.